The summed E-state index contributed by atoms with van der Waals surface area (Å²) in [5, 5.41) is 8.08. The van der Waals surface area contributed by atoms with E-state index >= 15 is 0 Å². The van der Waals surface area contributed by atoms with Gasteiger partial charge < -0.3 is 5.32 Å². The molecule has 0 spiro atoms. The minimum absolute atomic E-state index is 0.0396. The van der Waals surface area contributed by atoms with E-state index in [0.29, 0.717) is 23.5 Å². The number of thioether (sulfide) groups is 1. The topological polar surface area (TPSA) is 59.8 Å². The summed E-state index contributed by atoms with van der Waals surface area (Å²) in [4.78, 5) is 16.9. The van der Waals surface area contributed by atoms with Crippen LogP contribution >= 0.6 is 11.8 Å². The van der Waals surface area contributed by atoms with Crippen molar-refractivity contribution in [3.05, 3.63) is 36.2 Å². The molecule has 0 radical (unpaired) electrons. The predicted molar refractivity (Wildman–Crippen MR) is 96.5 cm³/mol. The van der Waals surface area contributed by atoms with Gasteiger partial charge in [0.25, 0.3) is 0 Å². The first-order valence-corrected chi connectivity index (χ1v) is 9.39. The van der Waals surface area contributed by atoms with Crippen molar-refractivity contribution in [2.24, 2.45) is 5.92 Å². The molecule has 0 bridgehead atoms. The molecule has 1 fully saturated rings. The van der Waals surface area contributed by atoms with Gasteiger partial charge in [0.15, 0.2) is 0 Å². The average Bonchev–Trinajstić information content (AvgIpc) is 3.34. The van der Waals surface area contributed by atoms with E-state index in [2.05, 4.69) is 24.3 Å². The summed E-state index contributed by atoms with van der Waals surface area (Å²) in [7, 11) is 0. The Kier molecular flexibility index (Phi) is 5.23. The van der Waals surface area contributed by atoms with E-state index in [-0.39, 0.29) is 11.2 Å². The Balaban J connectivity index is 1.74. The van der Waals surface area contributed by atoms with Crippen LogP contribution in [0.25, 0.3) is 5.69 Å². The van der Waals surface area contributed by atoms with Gasteiger partial charge in [-0.1, -0.05) is 43.8 Å². The third kappa shape index (κ3) is 4.17. The average molecular weight is 344 g/mol. The second-order valence-corrected chi connectivity index (χ2v) is 7.98. The largest absolute Gasteiger partial charge is 0.355 e. The van der Waals surface area contributed by atoms with Gasteiger partial charge in [0.05, 0.1) is 10.9 Å². The fraction of sp³-hybridized carbons (Fsp3) is 0.500. The fourth-order valence-electron chi connectivity index (χ4n) is 2.38. The SMILES string of the molecule is CC(C)CNC(=O)[C@@H](C)Sc1nc(C2CC2)n(-c2ccccc2)n1. The molecule has 1 aliphatic rings. The highest BCUT2D eigenvalue weighted by Crippen LogP contribution is 2.40. The van der Waals surface area contributed by atoms with Crippen molar-refractivity contribution < 1.29 is 4.79 Å². The molecule has 1 N–H and O–H groups in total. The van der Waals surface area contributed by atoms with Crippen molar-refractivity contribution in [1.82, 2.24) is 20.1 Å². The van der Waals surface area contributed by atoms with E-state index in [9.17, 15) is 4.79 Å². The molecule has 5 nitrogen and oxygen atoms in total. The van der Waals surface area contributed by atoms with Gasteiger partial charge in [0.1, 0.15) is 5.82 Å². The number of para-hydroxylation sites is 1. The molecular weight excluding hydrogens is 320 g/mol. The second-order valence-electron chi connectivity index (χ2n) is 6.67. The molecule has 0 aliphatic heterocycles. The van der Waals surface area contributed by atoms with Crippen LogP contribution < -0.4 is 5.32 Å². The Morgan fingerprint density at radius 3 is 2.62 bits per heavy atom. The molecule has 1 aromatic carbocycles. The molecule has 128 valence electrons. The Bertz CT molecular complexity index is 694. The lowest BCUT2D eigenvalue weighted by Gasteiger charge is -2.11. The van der Waals surface area contributed by atoms with Crippen molar-refractivity contribution in [2.45, 2.75) is 49.9 Å². The number of amides is 1. The minimum Gasteiger partial charge on any atom is -0.355 e. The van der Waals surface area contributed by atoms with E-state index in [4.69, 9.17) is 4.98 Å². The first-order chi connectivity index (χ1) is 11.5. The van der Waals surface area contributed by atoms with Gasteiger partial charge in [0.2, 0.25) is 11.1 Å². The summed E-state index contributed by atoms with van der Waals surface area (Å²) in [5.41, 5.74) is 1.02. The van der Waals surface area contributed by atoms with Crippen LogP contribution in [0.2, 0.25) is 0 Å². The normalized spacial score (nSPS) is 15.5. The van der Waals surface area contributed by atoms with Crippen LogP contribution in [0.1, 0.15) is 45.4 Å². The Labute approximate surface area is 147 Å². The number of rotatable bonds is 7. The van der Waals surface area contributed by atoms with Crippen LogP contribution in [0, 0.1) is 5.92 Å². The van der Waals surface area contributed by atoms with Gasteiger partial charge in [-0.15, -0.1) is 5.10 Å². The monoisotopic (exact) mass is 344 g/mol. The van der Waals surface area contributed by atoms with Crippen LogP contribution in [0.4, 0.5) is 0 Å². The lowest BCUT2D eigenvalue weighted by atomic mass is 10.2. The smallest absolute Gasteiger partial charge is 0.233 e. The summed E-state index contributed by atoms with van der Waals surface area (Å²) in [5.74, 6) is 2.00. The van der Waals surface area contributed by atoms with Crippen molar-refractivity contribution in [2.75, 3.05) is 6.54 Å². The van der Waals surface area contributed by atoms with Crippen molar-refractivity contribution >= 4 is 17.7 Å². The number of nitrogens with one attached hydrogen (secondary N) is 1. The first-order valence-electron chi connectivity index (χ1n) is 8.51. The van der Waals surface area contributed by atoms with Gasteiger partial charge in [-0.05, 0) is 37.8 Å². The molecule has 0 unspecified atom stereocenters. The molecule has 1 atom stereocenters. The molecule has 1 aliphatic carbocycles. The molecule has 1 saturated carbocycles. The van der Waals surface area contributed by atoms with Crippen LogP contribution in [-0.4, -0.2) is 32.5 Å². The molecule has 3 rings (SSSR count). The van der Waals surface area contributed by atoms with Gasteiger partial charge in [-0.3, -0.25) is 4.79 Å². The zero-order valence-corrected chi connectivity index (χ0v) is 15.2. The van der Waals surface area contributed by atoms with E-state index in [1.807, 2.05) is 41.9 Å². The Morgan fingerprint density at radius 2 is 2.00 bits per heavy atom. The maximum Gasteiger partial charge on any atom is 0.233 e. The van der Waals surface area contributed by atoms with E-state index in [1.54, 1.807) is 0 Å². The highest BCUT2D eigenvalue weighted by Gasteiger charge is 2.31. The lowest BCUT2D eigenvalue weighted by Crippen LogP contribution is -2.33. The molecule has 1 heterocycles. The molecule has 24 heavy (non-hydrogen) atoms. The van der Waals surface area contributed by atoms with E-state index in [1.165, 1.54) is 24.6 Å². The third-order valence-corrected chi connectivity index (χ3v) is 4.84. The Hall–Kier alpha value is -1.82. The molecular formula is C18H24N4OS. The summed E-state index contributed by atoms with van der Waals surface area (Å²) < 4.78 is 1.93. The molecule has 2 aromatic rings. The van der Waals surface area contributed by atoms with E-state index in [0.717, 1.165) is 11.5 Å². The first kappa shape index (κ1) is 17.0. The fourth-order valence-corrected chi connectivity index (χ4v) is 3.16. The molecule has 6 heteroatoms. The van der Waals surface area contributed by atoms with Crippen LogP contribution in [0.5, 0.6) is 0 Å². The molecule has 0 saturated heterocycles. The lowest BCUT2D eigenvalue weighted by molar-refractivity contribution is -0.120. The number of hydrogen-bond acceptors (Lipinski definition) is 4. The second kappa shape index (κ2) is 7.38. The number of carbonyl (C=O) groups excluding carboxylic acids is 1. The van der Waals surface area contributed by atoms with Crippen molar-refractivity contribution in [3.8, 4) is 5.69 Å². The highest BCUT2D eigenvalue weighted by molar-refractivity contribution is 8.00. The summed E-state index contributed by atoms with van der Waals surface area (Å²) in [6.07, 6.45) is 2.33. The van der Waals surface area contributed by atoms with Gasteiger partial charge in [-0.25, -0.2) is 9.67 Å². The van der Waals surface area contributed by atoms with Gasteiger partial charge in [0, 0.05) is 12.5 Å². The Morgan fingerprint density at radius 1 is 1.29 bits per heavy atom. The maximum atomic E-state index is 12.2. The number of benzene rings is 1. The highest BCUT2D eigenvalue weighted by atomic mass is 32.2. The summed E-state index contributed by atoms with van der Waals surface area (Å²) in [6, 6.07) is 10.1. The maximum absolute atomic E-state index is 12.2. The number of hydrogen-bond donors (Lipinski definition) is 1. The quantitative estimate of drug-likeness (QED) is 0.782. The molecule has 1 aromatic heterocycles. The van der Waals surface area contributed by atoms with Crippen molar-refractivity contribution in [1.29, 1.82) is 0 Å². The number of nitrogens with zero attached hydrogens (tertiary/aromatic N) is 3. The third-order valence-electron chi connectivity index (χ3n) is 3.89. The van der Waals surface area contributed by atoms with Crippen LogP contribution in [0.3, 0.4) is 0 Å². The van der Waals surface area contributed by atoms with E-state index < -0.39 is 0 Å². The zero-order chi connectivity index (χ0) is 17.1. The summed E-state index contributed by atoms with van der Waals surface area (Å²) in [6.45, 7) is 6.77. The van der Waals surface area contributed by atoms with Gasteiger partial charge >= 0.3 is 0 Å². The predicted octanol–water partition coefficient (Wildman–Crippen LogP) is 3.40. The van der Waals surface area contributed by atoms with Crippen molar-refractivity contribution in [3.63, 3.8) is 0 Å². The number of carbonyl (C=O) groups is 1. The minimum atomic E-state index is -0.206. The zero-order valence-electron chi connectivity index (χ0n) is 14.4. The summed E-state index contributed by atoms with van der Waals surface area (Å²) >= 11 is 1.42. The van der Waals surface area contributed by atoms with Crippen LogP contribution in [0.15, 0.2) is 35.5 Å². The molecule has 1 amide bonds. The number of aromatic nitrogens is 3. The van der Waals surface area contributed by atoms with Crippen LogP contribution in [-0.2, 0) is 4.79 Å². The standard InChI is InChI=1S/C18H24N4OS/c1-12(2)11-19-17(23)13(3)24-18-20-16(14-9-10-14)22(21-18)15-7-5-4-6-8-15/h4-8,12-14H,9-11H2,1-3H3,(H,19,23)/t13-/m1/s1. The van der Waals surface area contributed by atoms with Gasteiger partial charge in [-0.2, -0.15) is 0 Å².